The molecule has 1 amide bonds. The number of methoxy groups -OCH3 is 1. The number of amides is 1. The zero-order valence-electron chi connectivity index (χ0n) is 12.0. The van der Waals surface area contributed by atoms with Crippen molar-refractivity contribution in [3.8, 4) is 0 Å². The zero-order valence-corrected chi connectivity index (χ0v) is 14.1. The van der Waals surface area contributed by atoms with Crippen LogP contribution in [0.25, 0.3) is 0 Å². The van der Waals surface area contributed by atoms with Gasteiger partial charge < -0.3 is 10.1 Å². The second-order valence-electron chi connectivity index (χ2n) is 5.08. The smallest absolute Gasteiger partial charge is 0.328 e. The third-order valence-electron chi connectivity index (χ3n) is 2.74. The minimum atomic E-state index is -0.635. The lowest BCUT2D eigenvalue weighted by Crippen LogP contribution is -2.43. The van der Waals surface area contributed by atoms with Crippen LogP contribution in [0.3, 0.4) is 0 Å². The molecule has 1 aromatic rings. The Morgan fingerprint density at radius 3 is 2.60 bits per heavy atom. The molecule has 20 heavy (non-hydrogen) atoms. The molecule has 0 unspecified atom stereocenters. The van der Waals surface area contributed by atoms with E-state index in [1.165, 1.54) is 7.11 Å². The summed E-state index contributed by atoms with van der Waals surface area (Å²) >= 11 is 2.22. The molecule has 0 spiro atoms. The Bertz CT molecular complexity index is 474. The topological polar surface area (TPSA) is 55.4 Å². The number of nitrogens with one attached hydrogen (secondary N) is 1. The van der Waals surface area contributed by atoms with Crippen molar-refractivity contribution >= 4 is 34.5 Å². The lowest BCUT2D eigenvalue weighted by molar-refractivity contribution is -0.145. The molecule has 1 rings (SSSR count). The van der Waals surface area contributed by atoms with E-state index in [4.69, 9.17) is 4.74 Å². The lowest BCUT2D eigenvalue weighted by atomic mass is 10.0. The Balaban J connectivity index is 2.74. The average Bonchev–Trinajstić information content (AvgIpc) is 2.36. The molecule has 0 saturated heterocycles. The summed E-state index contributed by atoms with van der Waals surface area (Å²) in [6.07, 6.45) is 0.840. The maximum atomic E-state index is 11.8. The molecule has 0 aliphatic heterocycles. The summed E-state index contributed by atoms with van der Waals surface area (Å²) in [5.74, 6) is -0.284. The number of halogens is 1. The Morgan fingerprint density at radius 1 is 1.35 bits per heavy atom. The SMILES string of the molecule is COC(=O)[C@H](Cc1cccc(I)c1)NC(=O)CC(C)C. The third-order valence-corrected chi connectivity index (χ3v) is 3.41. The fourth-order valence-corrected chi connectivity index (χ4v) is 2.47. The number of hydrogen-bond donors (Lipinski definition) is 1. The van der Waals surface area contributed by atoms with Crippen molar-refractivity contribution in [1.29, 1.82) is 0 Å². The zero-order chi connectivity index (χ0) is 15.1. The van der Waals surface area contributed by atoms with Gasteiger partial charge in [-0.25, -0.2) is 4.79 Å². The van der Waals surface area contributed by atoms with Gasteiger partial charge >= 0.3 is 5.97 Å². The van der Waals surface area contributed by atoms with Crippen LogP contribution >= 0.6 is 22.6 Å². The number of benzene rings is 1. The normalized spacial score (nSPS) is 12.1. The molecule has 1 aromatic carbocycles. The second-order valence-corrected chi connectivity index (χ2v) is 6.32. The van der Waals surface area contributed by atoms with Gasteiger partial charge in [0.1, 0.15) is 6.04 Å². The van der Waals surface area contributed by atoms with Crippen molar-refractivity contribution < 1.29 is 14.3 Å². The number of ether oxygens (including phenoxy) is 1. The predicted molar refractivity (Wildman–Crippen MR) is 86.3 cm³/mol. The largest absolute Gasteiger partial charge is 0.467 e. The highest BCUT2D eigenvalue weighted by Crippen LogP contribution is 2.11. The first-order valence-electron chi connectivity index (χ1n) is 6.54. The van der Waals surface area contributed by atoms with Gasteiger partial charge in [-0.3, -0.25) is 4.79 Å². The van der Waals surface area contributed by atoms with Gasteiger partial charge in [0.25, 0.3) is 0 Å². The van der Waals surface area contributed by atoms with E-state index in [0.29, 0.717) is 12.8 Å². The highest BCUT2D eigenvalue weighted by atomic mass is 127. The number of esters is 1. The molecule has 5 heteroatoms. The summed E-state index contributed by atoms with van der Waals surface area (Å²) in [5, 5.41) is 2.75. The van der Waals surface area contributed by atoms with E-state index < -0.39 is 12.0 Å². The summed E-state index contributed by atoms with van der Waals surface area (Å²) in [5.41, 5.74) is 0.997. The van der Waals surface area contributed by atoms with Crippen molar-refractivity contribution in [1.82, 2.24) is 5.32 Å². The van der Waals surface area contributed by atoms with Crippen molar-refractivity contribution in [2.45, 2.75) is 32.7 Å². The van der Waals surface area contributed by atoms with Crippen LogP contribution in [-0.2, 0) is 20.7 Å². The van der Waals surface area contributed by atoms with Gasteiger partial charge in [0, 0.05) is 16.4 Å². The molecule has 0 aliphatic rings. The van der Waals surface area contributed by atoms with Gasteiger partial charge in [0.05, 0.1) is 7.11 Å². The monoisotopic (exact) mass is 389 g/mol. The van der Waals surface area contributed by atoms with Gasteiger partial charge in [0.2, 0.25) is 5.91 Å². The quantitative estimate of drug-likeness (QED) is 0.601. The maximum absolute atomic E-state index is 11.8. The molecule has 0 radical (unpaired) electrons. The van der Waals surface area contributed by atoms with E-state index in [9.17, 15) is 9.59 Å². The Kier molecular flexibility index (Phi) is 6.98. The molecule has 110 valence electrons. The highest BCUT2D eigenvalue weighted by Gasteiger charge is 2.22. The molecule has 0 saturated carbocycles. The fourth-order valence-electron chi connectivity index (χ4n) is 1.86. The van der Waals surface area contributed by atoms with Gasteiger partial charge in [-0.05, 0) is 46.2 Å². The molecular formula is C15H20INO3. The van der Waals surface area contributed by atoms with Gasteiger partial charge in [-0.2, -0.15) is 0 Å². The Hall–Kier alpha value is -1.11. The van der Waals surface area contributed by atoms with Crippen LogP contribution in [0.15, 0.2) is 24.3 Å². The van der Waals surface area contributed by atoms with Gasteiger partial charge in [-0.1, -0.05) is 26.0 Å². The second kappa shape index (κ2) is 8.24. The molecule has 1 atom stereocenters. The molecular weight excluding hydrogens is 369 g/mol. The van der Waals surface area contributed by atoms with Crippen LogP contribution in [0.2, 0.25) is 0 Å². The molecule has 0 aromatic heterocycles. The molecule has 0 heterocycles. The van der Waals surface area contributed by atoms with E-state index in [2.05, 4.69) is 27.9 Å². The first-order valence-corrected chi connectivity index (χ1v) is 7.62. The Morgan fingerprint density at radius 2 is 2.05 bits per heavy atom. The molecule has 4 nitrogen and oxygen atoms in total. The summed E-state index contributed by atoms with van der Waals surface area (Å²) in [4.78, 5) is 23.6. The highest BCUT2D eigenvalue weighted by molar-refractivity contribution is 14.1. The maximum Gasteiger partial charge on any atom is 0.328 e. The summed E-state index contributed by atoms with van der Waals surface area (Å²) < 4.78 is 5.86. The van der Waals surface area contributed by atoms with Crippen LogP contribution in [0.4, 0.5) is 0 Å². The minimum Gasteiger partial charge on any atom is -0.467 e. The van der Waals surface area contributed by atoms with Gasteiger partial charge in [0.15, 0.2) is 0 Å². The molecule has 0 aliphatic carbocycles. The first-order chi connectivity index (χ1) is 9.42. The van der Waals surface area contributed by atoms with Crippen LogP contribution in [0.5, 0.6) is 0 Å². The third kappa shape index (κ3) is 5.90. The van der Waals surface area contributed by atoms with E-state index in [0.717, 1.165) is 9.13 Å². The van der Waals surface area contributed by atoms with Crippen LogP contribution in [0, 0.1) is 9.49 Å². The predicted octanol–water partition coefficient (Wildman–Crippen LogP) is 2.54. The lowest BCUT2D eigenvalue weighted by Gasteiger charge is -2.17. The number of hydrogen-bond acceptors (Lipinski definition) is 3. The molecule has 0 bridgehead atoms. The van der Waals surface area contributed by atoms with Gasteiger partial charge in [-0.15, -0.1) is 0 Å². The standard InChI is InChI=1S/C15H20INO3/c1-10(2)7-14(18)17-13(15(19)20-3)9-11-5-4-6-12(16)8-11/h4-6,8,10,13H,7,9H2,1-3H3,(H,17,18)/t13-/m0/s1. The van der Waals surface area contributed by atoms with Crippen molar-refractivity contribution in [2.75, 3.05) is 7.11 Å². The summed E-state index contributed by atoms with van der Waals surface area (Å²) in [7, 11) is 1.33. The Labute approximate surface area is 133 Å². The summed E-state index contributed by atoms with van der Waals surface area (Å²) in [6, 6.07) is 7.21. The minimum absolute atomic E-state index is 0.124. The van der Waals surface area contributed by atoms with Crippen LogP contribution < -0.4 is 5.32 Å². The first kappa shape index (κ1) is 16.9. The molecule has 0 fully saturated rings. The van der Waals surface area contributed by atoms with Crippen LogP contribution in [0.1, 0.15) is 25.8 Å². The number of rotatable bonds is 6. The van der Waals surface area contributed by atoms with Crippen LogP contribution in [-0.4, -0.2) is 25.0 Å². The van der Waals surface area contributed by atoms with E-state index in [1.54, 1.807) is 0 Å². The molecule has 1 N–H and O–H groups in total. The van der Waals surface area contributed by atoms with E-state index in [1.807, 2.05) is 38.1 Å². The van der Waals surface area contributed by atoms with Crippen molar-refractivity contribution in [3.63, 3.8) is 0 Å². The van der Waals surface area contributed by atoms with Crippen molar-refractivity contribution in [2.24, 2.45) is 5.92 Å². The number of carbonyl (C=O) groups excluding carboxylic acids is 2. The average molecular weight is 389 g/mol. The fraction of sp³-hybridized carbons (Fsp3) is 0.467. The van der Waals surface area contributed by atoms with E-state index >= 15 is 0 Å². The summed E-state index contributed by atoms with van der Waals surface area (Å²) in [6.45, 7) is 3.93. The van der Waals surface area contributed by atoms with Crippen molar-refractivity contribution in [3.05, 3.63) is 33.4 Å². The number of carbonyl (C=O) groups is 2. The van der Waals surface area contributed by atoms with E-state index in [-0.39, 0.29) is 11.8 Å².